The van der Waals surface area contributed by atoms with Gasteiger partial charge in [0.05, 0.1) is 11.7 Å². The summed E-state index contributed by atoms with van der Waals surface area (Å²) >= 11 is 0. The Balaban J connectivity index is 1.98. The SMILES string of the molecule is CCOCCCNC(=O)C(C)n1c2ccccc2c2cnn(C)c(=O)c21. The van der Waals surface area contributed by atoms with E-state index < -0.39 is 6.04 Å². The van der Waals surface area contributed by atoms with Crippen molar-refractivity contribution < 1.29 is 9.53 Å². The first-order chi connectivity index (χ1) is 12.6. The zero-order valence-electron chi connectivity index (χ0n) is 15.4. The van der Waals surface area contributed by atoms with Gasteiger partial charge in [0.25, 0.3) is 5.56 Å². The van der Waals surface area contributed by atoms with Gasteiger partial charge < -0.3 is 14.6 Å². The van der Waals surface area contributed by atoms with Gasteiger partial charge in [-0.1, -0.05) is 18.2 Å². The quantitative estimate of drug-likeness (QED) is 0.657. The summed E-state index contributed by atoms with van der Waals surface area (Å²) in [5.41, 5.74) is 1.14. The van der Waals surface area contributed by atoms with Gasteiger partial charge in [-0.2, -0.15) is 5.10 Å². The number of ether oxygens (including phenoxy) is 1. The van der Waals surface area contributed by atoms with Crippen LogP contribution in [0.4, 0.5) is 0 Å². The molecule has 2 aromatic heterocycles. The summed E-state index contributed by atoms with van der Waals surface area (Å²) < 4.78 is 8.39. The van der Waals surface area contributed by atoms with Crippen LogP contribution in [-0.4, -0.2) is 40.0 Å². The molecule has 0 aliphatic rings. The number of rotatable bonds is 7. The van der Waals surface area contributed by atoms with Crippen molar-refractivity contribution in [2.75, 3.05) is 19.8 Å². The van der Waals surface area contributed by atoms with E-state index in [4.69, 9.17) is 4.74 Å². The van der Waals surface area contributed by atoms with Gasteiger partial charge >= 0.3 is 0 Å². The first-order valence-corrected chi connectivity index (χ1v) is 8.86. The third-order valence-electron chi connectivity index (χ3n) is 4.54. The second-order valence-corrected chi connectivity index (χ2v) is 6.24. The molecule has 0 bridgehead atoms. The molecule has 26 heavy (non-hydrogen) atoms. The van der Waals surface area contributed by atoms with E-state index in [1.807, 2.05) is 42.7 Å². The van der Waals surface area contributed by atoms with Crippen LogP contribution >= 0.6 is 0 Å². The number of aryl methyl sites for hydroxylation is 1. The molecule has 0 aliphatic heterocycles. The lowest BCUT2D eigenvalue weighted by molar-refractivity contribution is -0.123. The fourth-order valence-electron chi connectivity index (χ4n) is 3.19. The Kier molecular flexibility index (Phi) is 5.37. The highest BCUT2D eigenvalue weighted by molar-refractivity contribution is 6.08. The van der Waals surface area contributed by atoms with E-state index in [0.717, 1.165) is 22.7 Å². The predicted octanol–water partition coefficient (Wildman–Crippen LogP) is 1.99. The molecule has 1 unspecified atom stereocenters. The average molecular weight is 356 g/mol. The Bertz CT molecular complexity index is 990. The first kappa shape index (κ1) is 18.1. The van der Waals surface area contributed by atoms with Gasteiger partial charge in [0.15, 0.2) is 0 Å². The van der Waals surface area contributed by atoms with Gasteiger partial charge in [0, 0.05) is 37.6 Å². The van der Waals surface area contributed by atoms with E-state index >= 15 is 0 Å². The Morgan fingerprint density at radius 2 is 2.08 bits per heavy atom. The molecule has 1 amide bonds. The minimum absolute atomic E-state index is 0.122. The molecule has 0 fully saturated rings. The molecule has 1 atom stereocenters. The number of nitrogens with one attached hydrogen (secondary N) is 1. The summed E-state index contributed by atoms with van der Waals surface area (Å²) in [6.07, 6.45) is 2.44. The molecular weight excluding hydrogens is 332 g/mol. The minimum Gasteiger partial charge on any atom is -0.382 e. The highest BCUT2D eigenvalue weighted by atomic mass is 16.5. The summed E-state index contributed by atoms with van der Waals surface area (Å²) in [6, 6.07) is 7.18. The van der Waals surface area contributed by atoms with Crippen LogP contribution in [-0.2, 0) is 16.6 Å². The molecule has 7 heteroatoms. The Morgan fingerprint density at radius 1 is 1.31 bits per heavy atom. The maximum absolute atomic E-state index is 12.7. The lowest BCUT2D eigenvalue weighted by Crippen LogP contribution is -2.33. The van der Waals surface area contributed by atoms with Gasteiger partial charge in [0.2, 0.25) is 5.91 Å². The van der Waals surface area contributed by atoms with E-state index in [9.17, 15) is 9.59 Å². The maximum Gasteiger partial charge on any atom is 0.291 e. The topological polar surface area (TPSA) is 78.2 Å². The second-order valence-electron chi connectivity index (χ2n) is 6.24. The monoisotopic (exact) mass is 356 g/mol. The first-order valence-electron chi connectivity index (χ1n) is 8.86. The van der Waals surface area contributed by atoms with E-state index in [-0.39, 0.29) is 11.5 Å². The fourth-order valence-corrected chi connectivity index (χ4v) is 3.19. The van der Waals surface area contributed by atoms with Gasteiger partial charge in [-0.15, -0.1) is 0 Å². The molecule has 0 aliphatic carbocycles. The molecule has 3 rings (SSSR count). The normalized spacial score (nSPS) is 12.6. The highest BCUT2D eigenvalue weighted by Gasteiger charge is 2.22. The highest BCUT2D eigenvalue weighted by Crippen LogP contribution is 2.29. The lowest BCUT2D eigenvalue weighted by Gasteiger charge is -2.16. The fraction of sp³-hybridized carbons (Fsp3) is 0.421. The van der Waals surface area contributed by atoms with Crippen LogP contribution in [0.15, 0.2) is 35.3 Å². The number of aromatic nitrogens is 3. The molecule has 7 nitrogen and oxygen atoms in total. The molecule has 0 saturated heterocycles. The van der Waals surface area contributed by atoms with Crippen molar-refractivity contribution in [1.29, 1.82) is 0 Å². The van der Waals surface area contributed by atoms with Gasteiger partial charge in [-0.25, -0.2) is 4.68 Å². The van der Waals surface area contributed by atoms with Gasteiger partial charge in [0.1, 0.15) is 11.6 Å². The molecular formula is C19H24N4O3. The number of para-hydroxylation sites is 1. The van der Waals surface area contributed by atoms with Crippen LogP contribution in [0, 0.1) is 0 Å². The largest absolute Gasteiger partial charge is 0.382 e. The average Bonchev–Trinajstić information content (AvgIpc) is 2.99. The summed E-state index contributed by atoms with van der Waals surface area (Å²) in [4.78, 5) is 25.4. The van der Waals surface area contributed by atoms with Crippen molar-refractivity contribution >= 4 is 27.7 Å². The van der Waals surface area contributed by atoms with Crippen molar-refractivity contribution in [3.8, 4) is 0 Å². The number of amides is 1. The van der Waals surface area contributed by atoms with Gasteiger partial charge in [-0.3, -0.25) is 9.59 Å². The molecule has 2 heterocycles. The number of hydrogen-bond donors (Lipinski definition) is 1. The third-order valence-corrected chi connectivity index (χ3v) is 4.54. The number of nitrogens with zero attached hydrogens (tertiary/aromatic N) is 3. The second kappa shape index (κ2) is 7.70. The van der Waals surface area contributed by atoms with Crippen LogP contribution in [0.1, 0.15) is 26.3 Å². The Hall–Kier alpha value is -2.67. The number of carbonyl (C=O) groups excluding carboxylic acids is 1. The number of benzene rings is 1. The Labute approximate surface area is 151 Å². The van der Waals surface area contributed by atoms with Crippen LogP contribution in [0.25, 0.3) is 21.8 Å². The zero-order valence-corrected chi connectivity index (χ0v) is 15.4. The van der Waals surface area contributed by atoms with E-state index in [1.54, 1.807) is 13.2 Å². The van der Waals surface area contributed by atoms with Crippen molar-refractivity contribution in [1.82, 2.24) is 19.7 Å². The summed E-state index contributed by atoms with van der Waals surface area (Å²) in [5, 5.41) is 8.74. The van der Waals surface area contributed by atoms with E-state index in [0.29, 0.717) is 25.3 Å². The number of hydrogen-bond acceptors (Lipinski definition) is 4. The van der Waals surface area contributed by atoms with Crippen molar-refractivity contribution in [3.63, 3.8) is 0 Å². The molecule has 0 saturated carbocycles. The summed E-state index contributed by atoms with van der Waals surface area (Å²) in [7, 11) is 1.61. The molecule has 138 valence electrons. The number of fused-ring (bicyclic) bond motifs is 3. The third kappa shape index (κ3) is 3.22. The van der Waals surface area contributed by atoms with Crippen molar-refractivity contribution in [3.05, 3.63) is 40.8 Å². The molecule has 3 aromatic rings. The van der Waals surface area contributed by atoms with Crippen LogP contribution < -0.4 is 10.9 Å². The molecule has 1 N–H and O–H groups in total. The van der Waals surface area contributed by atoms with E-state index in [1.165, 1.54) is 4.68 Å². The maximum atomic E-state index is 12.7. The van der Waals surface area contributed by atoms with Gasteiger partial charge in [-0.05, 0) is 26.3 Å². The molecule has 0 radical (unpaired) electrons. The van der Waals surface area contributed by atoms with Crippen molar-refractivity contribution in [2.45, 2.75) is 26.3 Å². The van der Waals surface area contributed by atoms with Crippen LogP contribution in [0.5, 0.6) is 0 Å². The summed E-state index contributed by atoms with van der Waals surface area (Å²) in [6.45, 7) is 5.58. The Morgan fingerprint density at radius 3 is 2.85 bits per heavy atom. The van der Waals surface area contributed by atoms with Crippen LogP contribution in [0.3, 0.4) is 0 Å². The molecule has 1 aromatic carbocycles. The van der Waals surface area contributed by atoms with E-state index in [2.05, 4.69) is 10.4 Å². The minimum atomic E-state index is -0.514. The van der Waals surface area contributed by atoms with Crippen molar-refractivity contribution in [2.24, 2.45) is 7.05 Å². The summed E-state index contributed by atoms with van der Waals surface area (Å²) in [5.74, 6) is -0.122. The smallest absolute Gasteiger partial charge is 0.291 e. The standard InChI is InChI=1S/C19H24N4O3/c1-4-26-11-7-10-20-18(24)13(2)23-16-9-6-5-8-14(16)15-12-21-22(3)19(25)17(15)23/h5-6,8-9,12-13H,4,7,10-11H2,1-3H3,(H,20,24). The zero-order chi connectivity index (χ0) is 18.7. The van der Waals surface area contributed by atoms with Crippen LogP contribution in [0.2, 0.25) is 0 Å². The lowest BCUT2D eigenvalue weighted by atomic mass is 10.2. The number of carbonyl (C=O) groups is 1. The molecule has 0 spiro atoms. The predicted molar refractivity (Wildman–Crippen MR) is 101 cm³/mol.